The maximum atomic E-state index is 13.8. The Hall–Kier alpha value is -3.45. The highest BCUT2D eigenvalue weighted by Gasteiger charge is 2.32. The zero-order valence-corrected chi connectivity index (χ0v) is 18.7. The number of carboxylic acid groups (broad SMARTS) is 1. The van der Waals surface area contributed by atoms with Gasteiger partial charge in [-0.3, -0.25) is 14.3 Å². The third-order valence-electron chi connectivity index (χ3n) is 6.54. The Labute approximate surface area is 198 Å². The van der Waals surface area contributed by atoms with Gasteiger partial charge in [-0.1, -0.05) is 0 Å². The summed E-state index contributed by atoms with van der Waals surface area (Å²) in [6.07, 6.45) is 3.57. The third-order valence-corrected chi connectivity index (χ3v) is 6.54. The number of rotatable bonds is 6. The number of ether oxygens (including phenoxy) is 1. The van der Waals surface area contributed by atoms with Crippen molar-refractivity contribution in [2.45, 2.75) is 44.2 Å². The molecule has 1 saturated carbocycles. The van der Waals surface area contributed by atoms with Crippen LogP contribution in [0.25, 0.3) is 5.65 Å². The van der Waals surface area contributed by atoms with Crippen LogP contribution in [0, 0.1) is 5.92 Å². The average molecular weight is 489 g/mol. The monoisotopic (exact) mass is 489 g/mol. The molecular formula is C22H25F2N7O4. The number of carbonyl (C=O) groups excluding carboxylic acids is 1. The van der Waals surface area contributed by atoms with E-state index in [1.807, 2.05) is 0 Å². The van der Waals surface area contributed by atoms with Crippen LogP contribution >= 0.6 is 0 Å². The summed E-state index contributed by atoms with van der Waals surface area (Å²) in [5, 5.41) is 23.6. The molecule has 1 amide bonds. The zero-order valence-electron chi connectivity index (χ0n) is 18.7. The second-order valence-corrected chi connectivity index (χ2v) is 8.74. The second kappa shape index (κ2) is 9.66. The summed E-state index contributed by atoms with van der Waals surface area (Å²) in [6, 6.07) is 1.10. The van der Waals surface area contributed by atoms with E-state index in [2.05, 4.69) is 25.8 Å². The number of nitrogens with one attached hydrogen (secondary N) is 2. The van der Waals surface area contributed by atoms with Gasteiger partial charge in [0.1, 0.15) is 5.56 Å². The Balaban J connectivity index is 1.43. The number of carbonyl (C=O) groups is 2. The maximum Gasteiger partial charge on any atom is 0.306 e. The van der Waals surface area contributed by atoms with Gasteiger partial charge in [0.15, 0.2) is 11.3 Å². The molecule has 0 radical (unpaired) electrons. The molecule has 2 aliphatic rings. The maximum absolute atomic E-state index is 13.8. The molecule has 3 aromatic rings. The first-order valence-corrected chi connectivity index (χ1v) is 11.5. The van der Waals surface area contributed by atoms with Crippen LogP contribution in [0.15, 0.2) is 24.7 Å². The van der Waals surface area contributed by atoms with E-state index in [0.717, 1.165) is 0 Å². The number of alkyl halides is 2. The van der Waals surface area contributed by atoms with E-state index in [4.69, 9.17) is 4.74 Å². The van der Waals surface area contributed by atoms with Gasteiger partial charge in [-0.25, -0.2) is 18.3 Å². The predicted octanol–water partition coefficient (Wildman–Crippen LogP) is 2.59. The fourth-order valence-electron chi connectivity index (χ4n) is 4.73. The van der Waals surface area contributed by atoms with Crippen molar-refractivity contribution in [3.05, 3.63) is 41.6 Å². The van der Waals surface area contributed by atoms with E-state index in [-0.39, 0.29) is 23.3 Å². The fraction of sp³-hybridized carbons (Fsp3) is 0.500. The first-order valence-electron chi connectivity index (χ1n) is 11.5. The minimum absolute atomic E-state index is 0.0977. The highest BCUT2D eigenvalue weighted by atomic mass is 19.3. The fourth-order valence-corrected chi connectivity index (χ4v) is 4.73. The molecule has 1 unspecified atom stereocenters. The number of fused-ring (bicyclic) bond motifs is 1. The number of amides is 1. The second-order valence-electron chi connectivity index (χ2n) is 8.74. The van der Waals surface area contributed by atoms with Crippen LogP contribution in [0.2, 0.25) is 0 Å². The molecule has 4 heterocycles. The summed E-state index contributed by atoms with van der Waals surface area (Å²) < 4.78 is 36.1. The molecule has 1 aliphatic carbocycles. The summed E-state index contributed by atoms with van der Waals surface area (Å²) in [5.74, 6) is -1.91. The lowest BCUT2D eigenvalue weighted by Gasteiger charge is -2.26. The highest BCUT2D eigenvalue weighted by Crippen LogP contribution is 2.35. The molecule has 1 saturated heterocycles. The lowest BCUT2D eigenvalue weighted by Crippen LogP contribution is -2.36. The Morgan fingerprint density at radius 3 is 2.71 bits per heavy atom. The number of nitrogens with zero attached hydrogens (tertiary/aromatic N) is 5. The van der Waals surface area contributed by atoms with Gasteiger partial charge in [0.2, 0.25) is 0 Å². The zero-order chi connectivity index (χ0) is 24.5. The highest BCUT2D eigenvalue weighted by molar-refractivity contribution is 6.09. The van der Waals surface area contributed by atoms with Crippen LogP contribution in [0.3, 0.4) is 0 Å². The van der Waals surface area contributed by atoms with Gasteiger partial charge < -0.3 is 20.5 Å². The molecule has 13 heteroatoms. The standard InChI is InChI=1S/C22H25F2N7O4/c23-19(24)18-14(10-31(29-18)13-4-2-12(3-5-13)22(33)34)27-21(32)16-17(15-11-35-9-7-25-15)28-30-8-1-6-26-20(16)30/h1,6,8,10,12-13,15,19,25H,2-5,7,9,11H2,(H,27,32)(H,33,34). The number of carboxylic acids is 1. The number of halogens is 2. The van der Waals surface area contributed by atoms with Gasteiger partial charge in [-0.05, 0) is 31.7 Å². The molecule has 1 atom stereocenters. The minimum Gasteiger partial charge on any atom is -0.481 e. The molecule has 1 aliphatic heterocycles. The number of anilines is 1. The predicted molar refractivity (Wildman–Crippen MR) is 118 cm³/mol. The van der Waals surface area contributed by atoms with Crippen molar-refractivity contribution in [1.82, 2.24) is 29.7 Å². The minimum atomic E-state index is -2.91. The Morgan fingerprint density at radius 1 is 1.23 bits per heavy atom. The molecule has 3 aromatic heterocycles. The van der Waals surface area contributed by atoms with Gasteiger partial charge in [0.05, 0.1) is 42.6 Å². The van der Waals surface area contributed by atoms with Crippen molar-refractivity contribution >= 4 is 23.2 Å². The van der Waals surface area contributed by atoms with Crippen LogP contribution in [0.4, 0.5) is 14.5 Å². The summed E-state index contributed by atoms with van der Waals surface area (Å²) in [6.45, 7) is 1.43. The molecule has 0 bridgehead atoms. The van der Waals surface area contributed by atoms with Crippen molar-refractivity contribution in [1.29, 1.82) is 0 Å². The van der Waals surface area contributed by atoms with Gasteiger partial charge in [0.25, 0.3) is 12.3 Å². The molecule has 35 heavy (non-hydrogen) atoms. The quantitative estimate of drug-likeness (QED) is 0.481. The van der Waals surface area contributed by atoms with Crippen molar-refractivity contribution in [2.24, 2.45) is 5.92 Å². The van der Waals surface area contributed by atoms with E-state index >= 15 is 0 Å². The third kappa shape index (κ3) is 4.60. The lowest BCUT2D eigenvalue weighted by molar-refractivity contribution is -0.143. The van der Waals surface area contributed by atoms with Crippen molar-refractivity contribution < 1.29 is 28.2 Å². The van der Waals surface area contributed by atoms with E-state index in [1.165, 1.54) is 21.6 Å². The number of hydrogen-bond donors (Lipinski definition) is 3. The van der Waals surface area contributed by atoms with Gasteiger partial charge in [-0.15, -0.1) is 0 Å². The smallest absolute Gasteiger partial charge is 0.306 e. The first kappa shape index (κ1) is 23.3. The SMILES string of the molecule is O=C(Nc1cn(C2CCC(C(=O)O)CC2)nc1C(F)F)c1c(C2COCCN2)nn2cccnc12. The van der Waals surface area contributed by atoms with Gasteiger partial charge in [-0.2, -0.15) is 10.2 Å². The Kier molecular flexibility index (Phi) is 6.43. The van der Waals surface area contributed by atoms with Gasteiger partial charge >= 0.3 is 5.97 Å². The molecule has 11 nitrogen and oxygen atoms in total. The molecule has 3 N–H and O–H groups in total. The van der Waals surface area contributed by atoms with Crippen molar-refractivity contribution in [3.8, 4) is 0 Å². The molecule has 0 aromatic carbocycles. The van der Waals surface area contributed by atoms with Gasteiger partial charge in [0, 0.05) is 25.1 Å². The largest absolute Gasteiger partial charge is 0.481 e. The summed E-state index contributed by atoms with van der Waals surface area (Å²) in [4.78, 5) is 28.9. The summed E-state index contributed by atoms with van der Waals surface area (Å²) in [7, 11) is 0. The summed E-state index contributed by atoms with van der Waals surface area (Å²) >= 11 is 0. The number of aliphatic carboxylic acids is 1. The van der Waals surface area contributed by atoms with E-state index in [0.29, 0.717) is 56.8 Å². The van der Waals surface area contributed by atoms with Crippen LogP contribution in [0.5, 0.6) is 0 Å². The van der Waals surface area contributed by atoms with E-state index < -0.39 is 29.9 Å². The Morgan fingerprint density at radius 2 is 2.03 bits per heavy atom. The molecule has 2 fully saturated rings. The number of hydrogen-bond acceptors (Lipinski definition) is 7. The average Bonchev–Trinajstić information content (AvgIpc) is 3.46. The normalized spacial score (nSPS) is 23.0. The number of aromatic nitrogens is 5. The molecule has 186 valence electrons. The Bertz CT molecular complexity index is 1230. The molecule has 0 spiro atoms. The van der Waals surface area contributed by atoms with Crippen LogP contribution in [-0.2, 0) is 9.53 Å². The van der Waals surface area contributed by atoms with Crippen molar-refractivity contribution in [2.75, 3.05) is 25.1 Å². The topological polar surface area (TPSA) is 136 Å². The summed E-state index contributed by atoms with van der Waals surface area (Å²) in [5.41, 5.74) is 0.246. The molecular weight excluding hydrogens is 464 g/mol. The van der Waals surface area contributed by atoms with Crippen LogP contribution in [0.1, 0.15) is 65.9 Å². The van der Waals surface area contributed by atoms with E-state index in [9.17, 15) is 23.5 Å². The first-order chi connectivity index (χ1) is 16.9. The lowest BCUT2D eigenvalue weighted by atomic mass is 9.86. The van der Waals surface area contributed by atoms with Crippen molar-refractivity contribution in [3.63, 3.8) is 0 Å². The number of morpholine rings is 1. The van der Waals surface area contributed by atoms with E-state index in [1.54, 1.807) is 12.3 Å². The molecule has 5 rings (SSSR count). The van der Waals surface area contributed by atoms with Crippen LogP contribution in [-0.4, -0.2) is 61.1 Å². The van der Waals surface area contributed by atoms with Crippen LogP contribution < -0.4 is 10.6 Å².